The average molecular weight is 314 g/mol. The van der Waals surface area contributed by atoms with Gasteiger partial charge in [-0.25, -0.2) is 9.97 Å². The summed E-state index contributed by atoms with van der Waals surface area (Å²) in [5, 5.41) is 5.88. The molecule has 23 heavy (non-hydrogen) atoms. The Balaban J connectivity index is 1.70. The first-order valence-corrected chi connectivity index (χ1v) is 7.66. The number of amides is 1. The molecule has 0 aliphatic carbocycles. The molecule has 122 valence electrons. The van der Waals surface area contributed by atoms with Crippen molar-refractivity contribution in [1.29, 1.82) is 0 Å². The van der Waals surface area contributed by atoms with Gasteiger partial charge in [-0.05, 0) is 18.4 Å². The first-order valence-electron chi connectivity index (χ1n) is 7.66. The third-order valence-corrected chi connectivity index (χ3v) is 3.27. The highest BCUT2D eigenvalue weighted by molar-refractivity contribution is 5.93. The lowest BCUT2D eigenvalue weighted by atomic mass is 10.1. The number of hydrogen-bond acceptors (Lipinski definition) is 5. The van der Waals surface area contributed by atoms with E-state index in [1.165, 1.54) is 18.0 Å². The summed E-state index contributed by atoms with van der Waals surface area (Å²) in [5.41, 5.74) is 1.73. The van der Waals surface area contributed by atoms with Gasteiger partial charge in [-0.1, -0.05) is 30.3 Å². The van der Waals surface area contributed by atoms with Gasteiger partial charge < -0.3 is 15.4 Å². The molecule has 0 aliphatic heterocycles. The number of nitrogens with zero attached hydrogens (tertiary/aromatic N) is 2. The van der Waals surface area contributed by atoms with Crippen LogP contribution in [0.25, 0.3) is 0 Å². The number of nitrogens with one attached hydrogen (secondary N) is 2. The normalized spacial score (nSPS) is 10.3. The molecule has 1 heterocycles. The minimum absolute atomic E-state index is 0.151. The molecule has 0 saturated carbocycles. The molecule has 0 aliphatic rings. The quantitative estimate of drug-likeness (QED) is 0.691. The average Bonchev–Trinajstić information content (AvgIpc) is 2.60. The lowest BCUT2D eigenvalue weighted by Crippen LogP contribution is -2.25. The molecule has 1 aromatic heterocycles. The number of carbonyl (C=O) groups excluding carboxylic acids is 1. The van der Waals surface area contributed by atoms with Crippen LogP contribution in [0.3, 0.4) is 0 Å². The Hall–Kier alpha value is -2.47. The highest BCUT2D eigenvalue weighted by Crippen LogP contribution is 2.03. The summed E-state index contributed by atoms with van der Waals surface area (Å²) >= 11 is 0. The first-order chi connectivity index (χ1) is 11.3. The molecule has 0 atom stereocenters. The number of benzene rings is 1. The summed E-state index contributed by atoms with van der Waals surface area (Å²) < 4.78 is 4.93. The molecule has 1 amide bonds. The van der Waals surface area contributed by atoms with Gasteiger partial charge in [0.15, 0.2) is 0 Å². The smallest absolute Gasteiger partial charge is 0.254 e. The summed E-state index contributed by atoms with van der Waals surface area (Å²) in [6.45, 7) is 1.83. The largest absolute Gasteiger partial charge is 0.383 e. The van der Waals surface area contributed by atoms with Gasteiger partial charge in [0, 0.05) is 32.6 Å². The second-order valence-corrected chi connectivity index (χ2v) is 5.06. The van der Waals surface area contributed by atoms with Gasteiger partial charge in [0.2, 0.25) is 5.95 Å². The Labute approximate surface area is 136 Å². The van der Waals surface area contributed by atoms with E-state index in [9.17, 15) is 4.79 Å². The van der Waals surface area contributed by atoms with Crippen molar-refractivity contribution in [3.63, 3.8) is 0 Å². The molecule has 1 aromatic carbocycles. The second kappa shape index (κ2) is 9.53. The van der Waals surface area contributed by atoms with Crippen LogP contribution in [-0.4, -0.2) is 42.7 Å². The maximum Gasteiger partial charge on any atom is 0.254 e. The minimum Gasteiger partial charge on any atom is -0.383 e. The Morgan fingerprint density at radius 3 is 2.57 bits per heavy atom. The van der Waals surface area contributed by atoms with Gasteiger partial charge in [0.25, 0.3) is 5.91 Å². The predicted molar refractivity (Wildman–Crippen MR) is 89.5 cm³/mol. The maximum absolute atomic E-state index is 12.0. The van der Waals surface area contributed by atoms with Crippen molar-refractivity contribution in [2.45, 2.75) is 12.8 Å². The summed E-state index contributed by atoms with van der Waals surface area (Å²) in [4.78, 5) is 20.2. The van der Waals surface area contributed by atoms with Crippen molar-refractivity contribution in [3.05, 3.63) is 53.9 Å². The van der Waals surface area contributed by atoms with Crippen LogP contribution in [0.15, 0.2) is 42.7 Å². The molecule has 0 radical (unpaired) electrons. The van der Waals surface area contributed by atoms with Crippen LogP contribution in [0.1, 0.15) is 22.3 Å². The van der Waals surface area contributed by atoms with Crippen molar-refractivity contribution in [3.8, 4) is 0 Å². The highest BCUT2D eigenvalue weighted by Gasteiger charge is 2.06. The van der Waals surface area contributed by atoms with Gasteiger partial charge in [0.1, 0.15) is 0 Å². The van der Waals surface area contributed by atoms with E-state index < -0.39 is 0 Å². The zero-order valence-electron chi connectivity index (χ0n) is 13.3. The first kappa shape index (κ1) is 16.9. The molecule has 2 rings (SSSR count). The number of methoxy groups -OCH3 is 1. The van der Waals surface area contributed by atoms with Gasteiger partial charge in [0.05, 0.1) is 12.2 Å². The van der Waals surface area contributed by atoms with Crippen LogP contribution in [0.4, 0.5) is 5.95 Å². The molecular weight excluding hydrogens is 292 g/mol. The van der Waals surface area contributed by atoms with E-state index in [-0.39, 0.29) is 5.91 Å². The van der Waals surface area contributed by atoms with E-state index in [0.717, 1.165) is 12.8 Å². The second-order valence-electron chi connectivity index (χ2n) is 5.06. The fourth-order valence-corrected chi connectivity index (χ4v) is 2.04. The summed E-state index contributed by atoms with van der Waals surface area (Å²) in [6, 6.07) is 10.2. The van der Waals surface area contributed by atoms with Crippen LogP contribution in [0.5, 0.6) is 0 Å². The van der Waals surface area contributed by atoms with Gasteiger partial charge in [-0.15, -0.1) is 0 Å². The topological polar surface area (TPSA) is 76.1 Å². The van der Waals surface area contributed by atoms with E-state index in [0.29, 0.717) is 31.2 Å². The van der Waals surface area contributed by atoms with E-state index in [4.69, 9.17) is 4.74 Å². The fourth-order valence-electron chi connectivity index (χ4n) is 2.04. The molecule has 0 saturated heterocycles. The lowest BCUT2D eigenvalue weighted by molar-refractivity contribution is 0.0952. The van der Waals surface area contributed by atoms with E-state index in [2.05, 4.69) is 32.7 Å². The number of hydrogen-bond donors (Lipinski definition) is 2. The number of aryl methyl sites for hydroxylation is 1. The number of rotatable bonds is 9. The third kappa shape index (κ3) is 6.04. The minimum atomic E-state index is -0.151. The molecule has 0 bridgehead atoms. The molecule has 6 nitrogen and oxygen atoms in total. The monoisotopic (exact) mass is 314 g/mol. The fraction of sp³-hybridized carbons (Fsp3) is 0.353. The Morgan fingerprint density at radius 1 is 1.13 bits per heavy atom. The van der Waals surface area contributed by atoms with Crippen LogP contribution in [0.2, 0.25) is 0 Å². The molecule has 0 spiro atoms. The summed E-state index contributed by atoms with van der Waals surface area (Å²) in [6.07, 6.45) is 4.89. The summed E-state index contributed by atoms with van der Waals surface area (Å²) in [7, 11) is 1.63. The molecule has 2 aromatic rings. The Kier molecular flexibility index (Phi) is 7.00. The number of aromatic nitrogens is 2. The molecular formula is C17H22N4O2. The molecule has 2 N–H and O–H groups in total. The molecule has 0 unspecified atom stereocenters. The highest BCUT2D eigenvalue weighted by atomic mass is 16.5. The van der Waals surface area contributed by atoms with Crippen LogP contribution >= 0.6 is 0 Å². The van der Waals surface area contributed by atoms with E-state index in [1.54, 1.807) is 7.11 Å². The third-order valence-electron chi connectivity index (χ3n) is 3.27. The summed E-state index contributed by atoms with van der Waals surface area (Å²) in [5.74, 6) is 0.337. The number of carbonyl (C=O) groups is 1. The van der Waals surface area contributed by atoms with Crippen molar-refractivity contribution < 1.29 is 9.53 Å². The predicted octanol–water partition coefficient (Wildman–Crippen LogP) is 1.90. The van der Waals surface area contributed by atoms with Gasteiger partial charge >= 0.3 is 0 Å². The molecule has 6 heteroatoms. The number of anilines is 1. The van der Waals surface area contributed by atoms with Gasteiger partial charge in [-0.3, -0.25) is 4.79 Å². The van der Waals surface area contributed by atoms with Crippen molar-refractivity contribution in [2.75, 3.05) is 32.1 Å². The van der Waals surface area contributed by atoms with Crippen LogP contribution in [0, 0.1) is 0 Å². The van der Waals surface area contributed by atoms with Crippen molar-refractivity contribution in [2.24, 2.45) is 0 Å². The Bertz CT molecular complexity index is 587. The van der Waals surface area contributed by atoms with Crippen molar-refractivity contribution in [1.82, 2.24) is 15.3 Å². The SMILES string of the molecule is COCCNc1ncc(C(=O)NCCCc2ccccc2)cn1. The number of ether oxygens (including phenoxy) is 1. The zero-order valence-corrected chi connectivity index (χ0v) is 13.3. The van der Waals surface area contributed by atoms with Gasteiger partial charge in [-0.2, -0.15) is 0 Å². The standard InChI is InChI=1S/C17H22N4O2/c1-23-11-10-19-17-20-12-15(13-21-17)16(22)18-9-5-8-14-6-3-2-4-7-14/h2-4,6-7,12-13H,5,8-11H2,1H3,(H,18,22)(H,19,20,21). The van der Waals surface area contributed by atoms with Crippen molar-refractivity contribution >= 4 is 11.9 Å². The van der Waals surface area contributed by atoms with Crippen LogP contribution in [-0.2, 0) is 11.2 Å². The molecule has 0 fully saturated rings. The van der Waals surface area contributed by atoms with E-state index >= 15 is 0 Å². The maximum atomic E-state index is 12.0. The zero-order chi connectivity index (χ0) is 16.3. The van der Waals surface area contributed by atoms with E-state index in [1.807, 2.05) is 18.2 Å². The Morgan fingerprint density at radius 2 is 1.87 bits per heavy atom. The lowest BCUT2D eigenvalue weighted by Gasteiger charge is -2.06. The van der Waals surface area contributed by atoms with Crippen LogP contribution < -0.4 is 10.6 Å².